The number of esters is 1. The first-order valence-corrected chi connectivity index (χ1v) is 6.27. The topological polar surface area (TPSA) is 60.2 Å². The number of rotatable bonds is 9. The maximum atomic E-state index is 12.7. The van der Waals surface area contributed by atoms with Crippen molar-refractivity contribution < 1.29 is 31.8 Å². The van der Waals surface area contributed by atoms with Gasteiger partial charge in [-0.25, -0.2) is 23.6 Å². The molecule has 0 bridgehead atoms. The average molecular weight is 326 g/mol. The summed E-state index contributed by atoms with van der Waals surface area (Å²) in [5.41, 5.74) is -0.0778. The summed E-state index contributed by atoms with van der Waals surface area (Å²) in [4.78, 5) is 18.3. The smallest absolute Gasteiger partial charge is 0.352 e. The van der Waals surface area contributed by atoms with E-state index in [0.717, 1.165) is 6.20 Å². The van der Waals surface area contributed by atoms with E-state index in [-0.39, 0.29) is 18.2 Å². The van der Waals surface area contributed by atoms with E-state index in [1.807, 2.05) is 13.8 Å². The van der Waals surface area contributed by atoms with Crippen LogP contribution in [-0.4, -0.2) is 44.0 Å². The Balaban J connectivity index is 4.67. The number of carbonyl (C=O) groups excluding carboxylic acids is 1. The van der Waals surface area contributed by atoms with Crippen LogP contribution >= 0.6 is 0 Å². The molecule has 0 spiro atoms. The highest BCUT2D eigenvalue weighted by molar-refractivity contribution is 6.35. The van der Waals surface area contributed by atoms with Crippen LogP contribution in [0.4, 0.5) is 17.6 Å². The zero-order valence-corrected chi connectivity index (χ0v) is 12.5. The Kier molecular flexibility index (Phi) is 8.36. The molecule has 0 aromatic carbocycles. The van der Waals surface area contributed by atoms with E-state index in [4.69, 9.17) is 4.74 Å². The van der Waals surface area contributed by atoms with Crippen LogP contribution in [0.15, 0.2) is 22.1 Å². The van der Waals surface area contributed by atoms with Gasteiger partial charge in [0.25, 0.3) is 0 Å². The van der Waals surface area contributed by atoms with Crippen molar-refractivity contribution in [3.05, 3.63) is 12.1 Å². The van der Waals surface area contributed by atoms with Crippen LogP contribution in [0.5, 0.6) is 0 Å². The third kappa shape index (κ3) is 7.75. The second-order valence-electron chi connectivity index (χ2n) is 4.68. The van der Waals surface area contributed by atoms with Crippen molar-refractivity contribution in [1.29, 1.82) is 0 Å². The maximum absolute atomic E-state index is 12.7. The van der Waals surface area contributed by atoms with E-state index < -0.39 is 30.8 Å². The second kappa shape index (κ2) is 9.16. The summed E-state index contributed by atoms with van der Waals surface area (Å²) in [6, 6.07) is 0. The maximum Gasteiger partial charge on any atom is 0.352 e. The molecule has 0 atom stereocenters. The van der Waals surface area contributed by atoms with Gasteiger partial charge >= 0.3 is 18.3 Å². The standard InChI is InChI=1S/C13H18F4N2O3/c1-8(2)6-21-11(20)9(3)19-5-10(18-4)22-7-13(16,17)12(14)15/h5,8,12H,4,6-7H2,1-3H3/b10-5+,19-9?. The van der Waals surface area contributed by atoms with Gasteiger partial charge in [-0.3, -0.25) is 0 Å². The van der Waals surface area contributed by atoms with Gasteiger partial charge in [-0.05, 0) is 19.6 Å². The fourth-order valence-corrected chi connectivity index (χ4v) is 0.908. The number of aliphatic imine (C=N–C) groups is 2. The second-order valence-corrected chi connectivity index (χ2v) is 4.68. The van der Waals surface area contributed by atoms with Gasteiger partial charge in [0.1, 0.15) is 5.71 Å². The van der Waals surface area contributed by atoms with Crippen molar-refractivity contribution in [2.24, 2.45) is 15.9 Å². The zero-order chi connectivity index (χ0) is 17.3. The fourth-order valence-electron chi connectivity index (χ4n) is 0.908. The summed E-state index contributed by atoms with van der Waals surface area (Å²) < 4.78 is 58.5. The number of alkyl halides is 4. The number of hydrogen-bond acceptors (Lipinski definition) is 5. The van der Waals surface area contributed by atoms with Gasteiger partial charge in [0.2, 0.25) is 5.88 Å². The highest BCUT2D eigenvalue weighted by Gasteiger charge is 2.41. The van der Waals surface area contributed by atoms with E-state index >= 15 is 0 Å². The molecule has 9 heteroatoms. The molecule has 0 rings (SSSR count). The van der Waals surface area contributed by atoms with Crippen molar-refractivity contribution in [2.75, 3.05) is 13.2 Å². The number of ether oxygens (including phenoxy) is 2. The van der Waals surface area contributed by atoms with E-state index in [1.54, 1.807) is 0 Å². The molecule has 0 saturated carbocycles. The van der Waals surface area contributed by atoms with Gasteiger partial charge in [0, 0.05) is 0 Å². The summed E-state index contributed by atoms with van der Waals surface area (Å²) in [7, 11) is 0. The van der Waals surface area contributed by atoms with Crippen LogP contribution in [0.1, 0.15) is 20.8 Å². The van der Waals surface area contributed by atoms with Crippen molar-refractivity contribution in [2.45, 2.75) is 33.1 Å². The Morgan fingerprint density at radius 2 is 1.91 bits per heavy atom. The van der Waals surface area contributed by atoms with Crippen molar-refractivity contribution in [3.63, 3.8) is 0 Å². The third-order valence-corrected chi connectivity index (χ3v) is 2.10. The lowest BCUT2D eigenvalue weighted by molar-refractivity contribution is -0.157. The summed E-state index contributed by atoms with van der Waals surface area (Å²) in [5.74, 6) is -5.40. The molecule has 0 fully saturated rings. The molecule has 22 heavy (non-hydrogen) atoms. The predicted octanol–water partition coefficient (Wildman–Crippen LogP) is 3.06. The molecular weight excluding hydrogens is 308 g/mol. The minimum Gasteiger partial charge on any atom is -0.470 e. The molecule has 0 aliphatic heterocycles. The summed E-state index contributed by atoms with van der Waals surface area (Å²) >= 11 is 0. The molecule has 0 aliphatic rings. The van der Waals surface area contributed by atoms with Gasteiger partial charge in [0.15, 0.2) is 6.61 Å². The SMILES string of the molecule is C=N/C(=C\N=C(C)C(=O)OCC(C)C)OCC(F)(F)C(F)F. The molecule has 0 unspecified atom stereocenters. The molecule has 0 aromatic rings. The van der Waals surface area contributed by atoms with E-state index in [2.05, 4.69) is 21.4 Å². The van der Waals surface area contributed by atoms with E-state index in [1.165, 1.54) is 6.92 Å². The lowest BCUT2D eigenvalue weighted by atomic mass is 10.2. The Labute approximate surface area is 125 Å². The molecule has 5 nitrogen and oxygen atoms in total. The van der Waals surface area contributed by atoms with Gasteiger partial charge in [-0.1, -0.05) is 13.8 Å². The van der Waals surface area contributed by atoms with Gasteiger partial charge in [0.05, 0.1) is 12.8 Å². The molecule has 0 aliphatic carbocycles. The lowest BCUT2D eigenvalue weighted by Gasteiger charge is -2.15. The number of halogens is 4. The summed E-state index contributed by atoms with van der Waals surface area (Å²) in [5, 5.41) is 0. The zero-order valence-electron chi connectivity index (χ0n) is 12.5. The minimum atomic E-state index is -4.32. The van der Waals surface area contributed by atoms with E-state index in [9.17, 15) is 22.4 Å². The first-order chi connectivity index (χ1) is 10.1. The highest BCUT2D eigenvalue weighted by Crippen LogP contribution is 2.23. The Morgan fingerprint density at radius 3 is 2.36 bits per heavy atom. The van der Waals surface area contributed by atoms with Crippen LogP contribution in [0.25, 0.3) is 0 Å². The molecule has 0 saturated heterocycles. The Morgan fingerprint density at radius 1 is 1.32 bits per heavy atom. The minimum absolute atomic E-state index is 0.0778. The molecular formula is C13H18F4N2O3. The summed E-state index contributed by atoms with van der Waals surface area (Å²) in [6.07, 6.45) is -3.05. The van der Waals surface area contributed by atoms with Gasteiger partial charge < -0.3 is 9.47 Å². The van der Waals surface area contributed by atoms with Crippen molar-refractivity contribution >= 4 is 18.4 Å². The number of carbonyl (C=O) groups is 1. The lowest BCUT2D eigenvalue weighted by Crippen LogP contribution is -2.32. The normalized spacial score (nSPS) is 13.5. The molecule has 0 aromatic heterocycles. The van der Waals surface area contributed by atoms with Crippen molar-refractivity contribution in [3.8, 4) is 0 Å². The van der Waals surface area contributed by atoms with Crippen LogP contribution in [0.3, 0.4) is 0 Å². The van der Waals surface area contributed by atoms with Crippen LogP contribution in [-0.2, 0) is 14.3 Å². The number of nitrogens with zero attached hydrogens (tertiary/aromatic N) is 2. The highest BCUT2D eigenvalue weighted by atomic mass is 19.3. The van der Waals surface area contributed by atoms with Crippen molar-refractivity contribution in [1.82, 2.24) is 0 Å². The van der Waals surface area contributed by atoms with Crippen LogP contribution < -0.4 is 0 Å². The third-order valence-electron chi connectivity index (χ3n) is 2.10. The summed E-state index contributed by atoms with van der Waals surface area (Å²) in [6.45, 7) is 6.65. The van der Waals surface area contributed by atoms with Gasteiger partial charge in [-0.15, -0.1) is 0 Å². The molecule has 0 N–H and O–H groups in total. The Bertz CT molecular complexity index is 449. The first-order valence-electron chi connectivity index (χ1n) is 6.27. The molecule has 0 radical (unpaired) electrons. The predicted molar refractivity (Wildman–Crippen MR) is 73.4 cm³/mol. The fraction of sp³-hybridized carbons (Fsp3) is 0.615. The first kappa shape index (κ1) is 20.1. The largest absolute Gasteiger partial charge is 0.470 e. The van der Waals surface area contributed by atoms with Gasteiger partial charge in [-0.2, -0.15) is 8.78 Å². The van der Waals surface area contributed by atoms with E-state index in [0.29, 0.717) is 0 Å². The Hall–Kier alpha value is -1.93. The molecule has 126 valence electrons. The average Bonchev–Trinajstić information content (AvgIpc) is 2.44. The van der Waals surface area contributed by atoms with Crippen LogP contribution in [0.2, 0.25) is 0 Å². The quantitative estimate of drug-likeness (QED) is 0.283. The monoisotopic (exact) mass is 326 g/mol. The van der Waals surface area contributed by atoms with Crippen LogP contribution in [0, 0.1) is 5.92 Å². The number of hydrogen-bond donors (Lipinski definition) is 0. The molecule has 0 amide bonds. The molecule has 0 heterocycles.